The van der Waals surface area contributed by atoms with E-state index in [4.69, 9.17) is 33.5 Å². The number of rotatable bonds is 15. The average Bonchev–Trinajstić information content (AvgIpc) is 3.48. The Balaban J connectivity index is 1.80. The third-order valence-electron chi connectivity index (χ3n) is 6.94. The van der Waals surface area contributed by atoms with Crippen LogP contribution in [-0.2, 0) is 42.8 Å². The third kappa shape index (κ3) is 7.28. The van der Waals surface area contributed by atoms with E-state index in [2.05, 4.69) is 0 Å². The third-order valence-corrected chi connectivity index (χ3v) is 6.94. The number of carboxylic acid groups (broad SMARTS) is 3. The van der Waals surface area contributed by atoms with Crippen LogP contribution in [0, 0.1) is 0 Å². The maximum Gasteiger partial charge on any atom is 0.336 e. The summed E-state index contributed by atoms with van der Waals surface area (Å²) in [5.41, 5.74) is -2.67. The number of aliphatic hydroxyl groups excluding tert-OH is 7. The van der Waals surface area contributed by atoms with Gasteiger partial charge in [-0.05, 0) is 6.42 Å². The van der Waals surface area contributed by atoms with Gasteiger partial charge >= 0.3 is 17.9 Å². The molecule has 236 valence electrons. The molecule has 19 heteroatoms. The van der Waals surface area contributed by atoms with Gasteiger partial charge in [-0.2, -0.15) is 0 Å². The zero-order valence-electron chi connectivity index (χ0n) is 21.3. The van der Waals surface area contributed by atoms with Crippen molar-refractivity contribution < 1.29 is 93.9 Å². The SMILES string of the molecule is O=C(O)CC[C@](CC(=O)O)(O[C@@H]1O[C@@H](CO)[C@@H](O[C@H]2O[C@@H](CO)[C@@H](O)[C@H]2O[C@H]2O[C@@H](CO)[C@H](O)[C@H]2O)[C@H]1O)C(=O)O. The highest BCUT2D eigenvalue weighted by Crippen LogP contribution is 2.36. The molecule has 3 rings (SSSR count). The highest BCUT2D eigenvalue weighted by atomic mass is 16.8. The molecule has 41 heavy (non-hydrogen) atoms. The van der Waals surface area contributed by atoms with Gasteiger partial charge in [0.1, 0.15) is 54.9 Å². The van der Waals surface area contributed by atoms with Crippen LogP contribution in [0.25, 0.3) is 0 Å². The van der Waals surface area contributed by atoms with E-state index in [9.17, 15) is 60.3 Å². The molecule has 3 heterocycles. The Hall–Kier alpha value is -2.11. The van der Waals surface area contributed by atoms with E-state index in [1.54, 1.807) is 0 Å². The van der Waals surface area contributed by atoms with Crippen LogP contribution in [0.15, 0.2) is 0 Å². The summed E-state index contributed by atoms with van der Waals surface area (Å²) in [5, 5.41) is 98.3. The maximum absolute atomic E-state index is 12.0. The van der Waals surface area contributed by atoms with Gasteiger partial charge < -0.3 is 79.5 Å². The molecule has 0 aromatic heterocycles. The maximum atomic E-state index is 12.0. The minimum atomic E-state index is -2.67. The van der Waals surface area contributed by atoms with Crippen molar-refractivity contribution in [3.8, 4) is 0 Å². The van der Waals surface area contributed by atoms with Gasteiger partial charge in [0, 0.05) is 6.42 Å². The number of carbonyl (C=O) groups is 3. The first kappa shape index (κ1) is 33.4. The van der Waals surface area contributed by atoms with Gasteiger partial charge in [0.25, 0.3) is 0 Å². The van der Waals surface area contributed by atoms with Crippen molar-refractivity contribution in [1.82, 2.24) is 0 Å². The Bertz CT molecular complexity index is 917. The summed E-state index contributed by atoms with van der Waals surface area (Å²) in [6.45, 7) is -2.30. The molecule has 19 nitrogen and oxygen atoms in total. The van der Waals surface area contributed by atoms with Crippen LogP contribution < -0.4 is 0 Å². The van der Waals surface area contributed by atoms with Crippen LogP contribution in [0.5, 0.6) is 0 Å². The fourth-order valence-electron chi connectivity index (χ4n) is 4.71. The second-order valence-corrected chi connectivity index (χ2v) is 9.72. The van der Waals surface area contributed by atoms with E-state index in [1.807, 2.05) is 0 Å². The summed E-state index contributed by atoms with van der Waals surface area (Å²) in [6, 6.07) is 0. The lowest BCUT2D eigenvalue weighted by molar-refractivity contribution is -0.264. The van der Waals surface area contributed by atoms with Gasteiger partial charge in [0.15, 0.2) is 24.5 Å². The first-order valence-corrected chi connectivity index (χ1v) is 12.5. The van der Waals surface area contributed by atoms with Crippen molar-refractivity contribution in [2.24, 2.45) is 0 Å². The zero-order valence-corrected chi connectivity index (χ0v) is 21.3. The first-order valence-electron chi connectivity index (χ1n) is 12.5. The molecule has 0 radical (unpaired) electrons. The second-order valence-electron chi connectivity index (χ2n) is 9.72. The molecule has 0 aromatic carbocycles. The fraction of sp³-hybridized carbons (Fsp3) is 0.864. The molecule has 0 spiro atoms. The normalized spacial score (nSPS) is 40.5. The van der Waals surface area contributed by atoms with E-state index in [0.717, 1.165) is 0 Å². The van der Waals surface area contributed by atoms with Crippen molar-refractivity contribution in [2.75, 3.05) is 19.8 Å². The van der Waals surface area contributed by atoms with Crippen LogP contribution >= 0.6 is 0 Å². The molecule has 3 aliphatic rings. The molecule has 0 unspecified atom stereocenters. The number of ether oxygens (including phenoxy) is 6. The van der Waals surface area contributed by atoms with Crippen molar-refractivity contribution in [1.29, 1.82) is 0 Å². The number of carboxylic acids is 3. The molecule has 0 aliphatic carbocycles. The molecule has 3 saturated heterocycles. The van der Waals surface area contributed by atoms with Gasteiger partial charge in [-0.25, -0.2) is 4.79 Å². The molecular formula is C22H34O19. The molecule has 0 saturated carbocycles. The molecule has 3 aliphatic heterocycles. The molecule has 0 aromatic rings. The summed E-state index contributed by atoms with van der Waals surface area (Å²) in [6.07, 6.45) is -22.1. The van der Waals surface area contributed by atoms with Crippen LogP contribution in [0.2, 0.25) is 0 Å². The Morgan fingerprint density at radius 1 is 0.634 bits per heavy atom. The Kier molecular flexibility index (Phi) is 11.3. The number of hydrogen-bond donors (Lipinski definition) is 10. The molecule has 0 amide bonds. The summed E-state index contributed by atoms with van der Waals surface area (Å²) in [7, 11) is 0. The highest BCUT2D eigenvalue weighted by Gasteiger charge is 2.56. The Morgan fingerprint density at radius 2 is 1.17 bits per heavy atom. The number of hydrogen-bond acceptors (Lipinski definition) is 16. The van der Waals surface area contributed by atoms with Gasteiger partial charge in [-0.15, -0.1) is 0 Å². The zero-order chi connectivity index (χ0) is 30.6. The highest BCUT2D eigenvalue weighted by molar-refractivity contribution is 5.84. The summed E-state index contributed by atoms with van der Waals surface area (Å²) >= 11 is 0. The van der Waals surface area contributed by atoms with Gasteiger partial charge in [-0.1, -0.05) is 0 Å². The fourth-order valence-corrected chi connectivity index (χ4v) is 4.71. The Labute approximate surface area is 230 Å². The van der Waals surface area contributed by atoms with Gasteiger partial charge in [0.2, 0.25) is 0 Å². The smallest absolute Gasteiger partial charge is 0.336 e. The minimum absolute atomic E-state index is 0.682. The van der Waals surface area contributed by atoms with Crippen molar-refractivity contribution in [3.63, 3.8) is 0 Å². The monoisotopic (exact) mass is 602 g/mol. The van der Waals surface area contributed by atoms with Gasteiger partial charge in [-0.3, -0.25) is 9.59 Å². The molecule has 0 bridgehead atoms. The molecular weight excluding hydrogens is 568 g/mol. The summed E-state index contributed by atoms with van der Waals surface area (Å²) in [4.78, 5) is 34.5. The number of aliphatic carboxylic acids is 3. The van der Waals surface area contributed by atoms with Crippen molar-refractivity contribution >= 4 is 17.9 Å². The van der Waals surface area contributed by atoms with E-state index in [0.29, 0.717) is 0 Å². The van der Waals surface area contributed by atoms with Crippen LogP contribution in [0.3, 0.4) is 0 Å². The van der Waals surface area contributed by atoms with Crippen LogP contribution in [0.4, 0.5) is 0 Å². The summed E-state index contributed by atoms with van der Waals surface area (Å²) in [5.74, 6) is -4.98. The van der Waals surface area contributed by atoms with E-state index in [-0.39, 0.29) is 0 Å². The van der Waals surface area contributed by atoms with Crippen LogP contribution in [0.1, 0.15) is 19.3 Å². The van der Waals surface area contributed by atoms with Crippen molar-refractivity contribution in [2.45, 2.75) is 98.7 Å². The van der Waals surface area contributed by atoms with E-state index < -0.39 is 136 Å². The van der Waals surface area contributed by atoms with E-state index in [1.165, 1.54) is 0 Å². The predicted molar refractivity (Wildman–Crippen MR) is 122 cm³/mol. The van der Waals surface area contributed by atoms with Gasteiger partial charge in [0.05, 0.1) is 26.2 Å². The minimum Gasteiger partial charge on any atom is -0.481 e. The molecule has 13 atom stereocenters. The summed E-state index contributed by atoms with van der Waals surface area (Å²) < 4.78 is 32.6. The lowest BCUT2D eigenvalue weighted by atomic mass is 9.93. The topological polar surface area (TPSA) is 309 Å². The lowest BCUT2D eigenvalue weighted by Crippen LogP contribution is -2.50. The molecule has 3 fully saturated rings. The quantitative estimate of drug-likeness (QED) is 0.0835. The average molecular weight is 602 g/mol. The predicted octanol–water partition coefficient (Wildman–Crippen LogP) is -5.47. The second kappa shape index (κ2) is 13.9. The standard InChI is InChI=1S/C22H34O19/c23-4-7-12(30)14(32)18(36-7)40-17-13(31)8(5-24)37-20(17)39-16-9(6-25)38-19(15(16)33)41-22(21(34)35,3-11(28)29)2-1-10(26)27/h7-9,12-20,23-25,30-33H,1-6H2,(H,26,27)(H,28,29)(H,34,35)/t7-,8-,9-,12-,13+,14+,15+,16+,17+,18+,19-,20+,22+/m0/s1. The first-order chi connectivity index (χ1) is 19.3. The lowest BCUT2D eigenvalue weighted by Gasteiger charge is -2.32. The molecule has 10 N–H and O–H groups in total. The largest absolute Gasteiger partial charge is 0.481 e. The van der Waals surface area contributed by atoms with Crippen molar-refractivity contribution in [3.05, 3.63) is 0 Å². The Morgan fingerprint density at radius 3 is 1.68 bits per heavy atom. The van der Waals surface area contributed by atoms with Crippen LogP contribution in [-0.4, -0.2) is 168 Å². The van der Waals surface area contributed by atoms with E-state index >= 15 is 0 Å². The number of aliphatic hydroxyl groups is 7.